The number of nitriles is 1. The van der Waals surface area contributed by atoms with Gasteiger partial charge >= 0.3 is 0 Å². The number of hydrogen-bond acceptors (Lipinski definition) is 5. The van der Waals surface area contributed by atoms with Gasteiger partial charge in [-0.1, -0.05) is 0 Å². The molecule has 2 heterocycles. The Morgan fingerprint density at radius 3 is 3.13 bits per heavy atom. The van der Waals surface area contributed by atoms with Gasteiger partial charge in [-0.3, -0.25) is 0 Å². The van der Waals surface area contributed by atoms with Crippen molar-refractivity contribution in [2.45, 2.75) is 6.54 Å². The molecule has 0 atom stereocenters. The molecule has 2 aromatic rings. The van der Waals surface area contributed by atoms with Crippen LogP contribution >= 0.6 is 0 Å². The van der Waals surface area contributed by atoms with Crippen molar-refractivity contribution >= 4 is 16.8 Å². The number of hydrogen-bond donors (Lipinski definition) is 1. The Labute approximate surface area is 86.7 Å². The van der Waals surface area contributed by atoms with Gasteiger partial charge in [0.05, 0.1) is 11.9 Å². The zero-order valence-electron chi connectivity index (χ0n) is 8.27. The van der Waals surface area contributed by atoms with E-state index in [1.54, 1.807) is 19.3 Å². The number of pyridine rings is 1. The Morgan fingerprint density at radius 2 is 2.47 bits per heavy atom. The molecule has 5 heteroatoms. The summed E-state index contributed by atoms with van der Waals surface area (Å²) in [5, 5.41) is 9.41. The van der Waals surface area contributed by atoms with E-state index in [9.17, 15) is 0 Å². The monoisotopic (exact) mass is 202 g/mol. The first-order valence-corrected chi connectivity index (χ1v) is 4.44. The zero-order chi connectivity index (χ0) is 10.8. The van der Waals surface area contributed by atoms with E-state index in [2.05, 4.69) is 4.98 Å². The Balaban J connectivity index is 2.40. The molecule has 2 rings (SSSR count). The summed E-state index contributed by atoms with van der Waals surface area (Å²) in [6.07, 6.45) is 3.60. The molecule has 0 aliphatic carbocycles. The minimum Gasteiger partial charge on any atom is -0.459 e. The highest BCUT2D eigenvalue weighted by Gasteiger charge is 2.08. The van der Waals surface area contributed by atoms with Crippen molar-refractivity contribution in [1.82, 2.24) is 9.88 Å². The summed E-state index contributed by atoms with van der Waals surface area (Å²) < 4.78 is 5.51. The average molecular weight is 202 g/mol. The van der Waals surface area contributed by atoms with Gasteiger partial charge in [0.2, 0.25) is 0 Å². The minimum atomic E-state index is 0.435. The molecule has 0 fully saturated rings. The fourth-order valence-corrected chi connectivity index (χ4v) is 1.38. The van der Waals surface area contributed by atoms with Crippen LogP contribution in [0.25, 0.3) is 11.0 Å². The molecular formula is C10H10N4O. The predicted octanol–water partition coefficient (Wildman–Crippen LogP) is 1.32. The molecule has 0 saturated carbocycles. The van der Waals surface area contributed by atoms with E-state index in [4.69, 9.17) is 15.4 Å². The first kappa shape index (κ1) is 9.34. The highest BCUT2D eigenvalue weighted by atomic mass is 16.3. The van der Waals surface area contributed by atoms with E-state index in [0.29, 0.717) is 23.7 Å². The van der Waals surface area contributed by atoms with Crippen LogP contribution < -0.4 is 5.73 Å². The molecule has 0 amide bonds. The molecule has 5 nitrogen and oxygen atoms in total. The third-order valence-electron chi connectivity index (χ3n) is 2.09. The molecule has 0 aliphatic heterocycles. The van der Waals surface area contributed by atoms with Crippen molar-refractivity contribution < 1.29 is 4.42 Å². The lowest BCUT2D eigenvalue weighted by molar-refractivity contribution is 0.405. The molecule has 0 aromatic carbocycles. The summed E-state index contributed by atoms with van der Waals surface area (Å²) in [5.41, 5.74) is 6.38. The third-order valence-corrected chi connectivity index (χ3v) is 2.09. The molecular weight excluding hydrogens is 192 g/mol. The van der Waals surface area contributed by atoms with E-state index in [0.717, 1.165) is 5.39 Å². The summed E-state index contributed by atoms with van der Waals surface area (Å²) in [6, 6.07) is 3.56. The van der Waals surface area contributed by atoms with E-state index in [1.165, 1.54) is 4.90 Å². The maximum Gasteiger partial charge on any atom is 0.179 e. The van der Waals surface area contributed by atoms with E-state index >= 15 is 0 Å². The molecule has 2 N–H and O–H groups in total. The second-order valence-corrected chi connectivity index (χ2v) is 3.28. The fraction of sp³-hybridized carbons (Fsp3) is 0.200. The van der Waals surface area contributed by atoms with Gasteiger partial charge in [-0.05, 0) is 12.1 Å². The Hall–Kier alpha value is -2.22. The lowest BCUT2D eigenvalue weighted by Crippen LogP contribution is -2.09. The number of anilines is 1. The van der Waals surface area contributed by atoms with Crippen molar-refractivity contribution in [3.63, 3.8) is 0 Å². The summed E-state index contributed by atoms with van der Waals surface area (Å²) in [7, 11) is 1.69. The maximum absolute atomic E-state index is 8.62. The van der Waals surface area contributed by atoms with Crippen LogP contribution in [0.4, 0.5) is 5.82 Å². The number of furan rings is 1. The largest absolute Gasteiger partial charge is 0.459 e. The lowest BCUT2D eigenvalue weighted by Gasteiger charge is -2.03. The SMILES string of the molecule is CN(C#N)Cc1cc2c(N)nccc2o1. The maximum atomic E-state index is 8.62. The van der Waals surface area contributed by atoms with Gasteiger partial charge in [-0.15, -0.1) is 0 Å². The van der Waals surface area contributed by atoms with Gasteiger partial charge < -0.3 is 15.1 Å². The Morgan fingerprint density at radius 1 is 1.67 bits per heavy atom. The minimum absolute atomic E-state index is 0.435. The first-order chi connectivity index (χ1) is 7.20. The van der Waals surface area contributed by atoms with Crippen molar-refractivity contribution in [3.8, 4) is 6.19 Å². The van der Waals surface area contributed by atoms with Crippen molar-refractivity contribution in [2.75, 3.05) is 12.8 Å². The van der Waals surface area contributed by atoms with Gasteiger partial charge in [0.25, 0.3) is 0 Å². The van der Waals surface area contributed by atoms with E-state index < -0.39 is 0 Å². The van der Waals surface area contributed by atoms with Crippen molar-refractivity contribution in [2.24, 2.45) is 0 Å². The molecule has 0 aliphatic rings. The van der Waals surface area contributed by atoms with Crippen LogP contribution in [0, 0.1) is 11.5 Å². The summed E-state index contributed by atoms with van der Waals surface area (Å²) >= 11 is 0. The second kappa shape index (κ2) is 3.50. The van der Waals surface area contributed by atoms with Crippen molar-refractivity contribution in [1.29, 1.82) is 5.26 Å². The number of rotatable bonds is 2. The summed E-state index contributed by atoms with van der Waals surface area (Å²) in [6.45, 7) is 0.435. The molecule has 15 heavy (non-hydrogen) atoms. The quantitative estimate of drug-likeness (QED) is 0.587. The van der Waals surface area contributed by atoms with Crippen LogP contribution in [0.2, 0.25) is 0 Å². The number of nitrogens with zero attached hydrogens (tertiary/aromatic N) is 3. The average Bonchev–Trinajstić information content (AvgIpc) is 2.62. The highest BCUT2D eigenvalue weighted by molar-refractivity contribution is 5.87. The molecule has 0 spiro atoms. The van der Waals surface area contributed by atoms with Crippen LogP contribution in [0.5, 0.6) is 0 Å². The molecule has 0 unspecified atom stereocenters. The molecule has 0 bridgehead atoms. The predicted molar refractivity (Wildman–Crippen MR) is 55.5 cm³/mol. The Bertz CT molecular complexity index is 526. The molecule has 76 valence electrons. The van der Waals surface area contributed by atoms with Gasteiger partial charge in [-0.25, -0.2) is 4.98 Å². The standard InChI is InChI=1S/C10H10N4O/c1-14(6-11)5-7-4-8-9(15-7)2-3-13-10(8)12/h2-4H,5H2,1H3,(H2,12,13). The summed E-state index contributed by atoms with van der Waals surface area (Å²) in [4.78, 5) is 5.43. The van der Waals surface area contributed by atoms with Crippen molar-refractivity contribution in [3.05, 3.63) is 24.1 Å². The lowest BCUT2D eigenvalue weighted by atomic mass is 10.3. The molecule has 2 aromatic heterocycles. The smallest absolute Gasteiger partial charge is 0.179 e. The van der Waals surface area contributed by atoms with Crippen LogP contribution in [0.1, 0.15) is 5.76 Å². The molecule has 0 radical (unpaired) electrons. The fourth-order valence-electron chi connectivity index (χ4n) is 1.38. The van der Waals surface area contributed by atoms with Crippen LogP contribution in [-0.2, 0) is 6.54 Å². The zero-order valence-corrected chi connectivity index (χ0v) is 8.27. The van der Waals surface area contributed by atoms with E-state index in [1.807, 2.05) is 12.3 Å². The van der Waals surface area contributed by atoms with Gasteiger partial charge in [0, 0.05) is 13.2 Å². The Kier molecular flexibility index (Phi) is 2.18. The van der Waals surface area contributed by atoms with E-state index in [-0.39, 0.29) is 0 Å². The van der Waals surface area contributed by atoms with Crippen LogP contribution in [0.3, 0.4) is 0 Å². The normalized spacial score (nSPS) is 10.1. The third kappa shape index (κ3) is 1.70. The van der Waals surface area contributed by atoms with Gasteiger partial charge in [0.15, 0.2) is 6.19 Å². The number of nitrogen functional groups attached to an aromatic ring is 1. The van der Waals surface area contributed by atoms with Crippen LogP contribution in [-0.4, -0.2) is 16.9 Å². The van der Waals surface area contributed by atoms with Gasteiger partial charge in [-0.2, -0.15) is 5.26 Å². The highest BCUT2D eigenvalue weighted by Crippen LogP contribution is 2.23. The number of aromatic nitrogens is 1. The topological polar surface area (TPSA) is 79.1 Å². The number of nitrogens with two attached hydrogens (primary N) is 1. The molecule has 0 saturated heterocycles. The van der Waals surface area contributed by atoms with Crippen LogP contribution in [0.15, 0.2) is 22.7 Å². The summed E-state index contributed by atoms with van der Waals surface area (Å²) in [5.74, 6) is 1.15. The number of fused-ring (bicyclic) bond motifs is 1. The first-order valence-electron chi connectivity index (χ1n) is 4.44. The second-order valence-electron chi connectivity index (χ2n) is 3.28. The van der Waals surface area contributed by atoms with Gasteiger partial charge in [0.1, 0.15) is 17.2 Å².